The van der Waals surface area contributed by atoms with E-state index < -0.39 is 17.1 Å². The third-order valence-electron chi connectivity index (χ3n) is 8.27. The summed E-state index contributed by atoms with van der Waals surface area (Å²) in [5, 5.41) is 10.3. The van der Waals surface area contributed by atoms with Crippen LogP contribution in [-0.4, -0.2) is 39.1 Å². The number of benzene rings is 6. The molecule has 0 saturated carbocycles. The molecule has 1 unspecified atom stereocenters. The molecule has 0 spiro atoms. The van der Waals surface area contributed by atoms with E-state index in [9.17, 15) is 14.4 Å². The van der Waals surface area contributed by atoms with Gasteiger partial charge in [-0.05, 0) is 70.9 Å². The second kappa shape index (κ2) is 17.1. The minimum atomic E-state index is -0.605. The summed E-state index contributed by atoms with van der Waals surface area (Å²) >= 11 is 1.36. The van der Waals surface area contributed by atoms with Crippen molar-refractivity contribution in [1.29, 1.82) is 0 Å². The molecule has 9 nitrogen and oxygen atoms in total. The zero-order chi connectivity index (χ0) is 37.2. The van der Waals surface area contributed by atoms with Gasteiger partial charge in [0, 0.05) is 33.5 Å². The number of fused-ring (bicyclic) bond motifs is 1. The molecule has 0 fully saturated rings. The van der Waals surface area contributed by atoms with Crippen molar-refractivity contribution >= 4 is 57.7 Å². The molecule has 0 aliphatic carbocycles. The molecule has 0 aliphatic rings. The van der Waals surface area contributed by atoms with Crippen molar-refractivity contribution < 1.29 is 28.6 Å². The Morgan fingerprint density at radius 3 is 1.96 bits per heavy atom. The molecule has 53 heavy (non-hydrogen) atoms. The number of methoxy groups -OCH3 is 3. The van der Waals surface area contributed by atoms with E-state index in [0.29, 0.717) is 39.8 Å². The van der Waals surface area contributed by atoms with Gasteiger partial charge in [0.1, 0.15) is 16.7 Å². The van der Waals surface area contributed by atoms with E-state index in [1.807, 2.05) is 78.9 Å². The molecule has 0 bridgehead atoms. The van der Waals surface area contributed by atoms with Crippen LogP contribution in [0.1, 0.15) is 26.7 Å². The van der Waals surface area contributed by atoms with Gasteiger partial charge in [0.05, 0.1) is 21.3 Å². The highest BCUT2D eigenvalue weighted by molar-refractivity contribution is 8.00. The van der Waals surface area contributed by atoms with Gasteiger partial charge in [-0.25, -0.2) is 0 Å². The number of amides is 3. The van der Waals surface area contributed by atoms with Crippen LogP contribution >= 0.6 is 11.8 Å². The van der Waals surface area contributed by atoms with Gasteiger partial charge in [0.25, 0.3) is 11.8 Å². The quantitative estimate of drug-likeness (QED) is 0.0807. The Bertz CT molecular complexity index is 2280. The maximum atomic E-state index is 14.0. The molecule has 266 valence electrons. The van der Waals surface area contributed by atoms with Gasteiger partial charge in [-0.3, -0.25) is 14.4 Å². The van der Waals surface area contributed by atoms with Crippen LogP contribution in [0.15, 0.2) is 150 Å². The number of nitrogens with one attached hydrogen (secondary N) is 3. The molecule has 6 aromatic carbocycles. The van der Waals surface area contributed by atoms with Crippen molar-refractivity contribution in [3.8, 4) is 17.2 Å². The van der Waals surface area contributed by atoms with Crippen LogP contribution in [0.3, 0.4) is 0 Å². The minimum absolute atomic E-state index is 0.0423. The summed E-state index contributed by atoms with van der Waals surface area (Å²) in [6.07, 6.45) is 1.51. The Kier molecular flexibility index (Phi) is 11.7. The van der Waals surface area contributed by atoms with E-state index in [1.165, 1.54) is 39.2 Å². The van der Waals surface area contributed by atoms with Crippen LogP contribution in [0.5, 0.6) is 17.2 Å². The summed E-state index contributed by atoms with van der Waals surface area (Å²) in [7, 11) is 4.51. The molecule has 10 heteroatoms. The van der Waals surface area contributed by atoms with Crippen LogP contribution in [0.2, 0.25) is 0 Å². The van der Waals surface area contributed by atoms with Crippen LogP contribution in [0.25, 0.3) is 16.8 Å². The number of anilines is 2. The first-order chi connectivity index (χ1) is 25.8. The molecule has 3 amide bonds. The normalized spacial score (nSPS) is 11.6. The zero-order valence-electron chi connectivity index (χ0n) is 29.3. The van der Waals surface area contributed by atoms with E-state index >= 15 is 0 Å². The molecule has 0 saturated heterocycles. The van der Waals surface area contributed by atoms with Gasteiger partial charge in [0.2, 0.25) is 5.91 Å². The van der Waals surface area contributed by atoms with Gasteiger partial charge in [-0.1, -0.05) is 84.9 Å². The van der Waals surface area contributed by atoms with Crippen molar-refractivity contribution in [2.45, 2.75) is 10.1 Å². The van der Waals surface area contributed by atoms with Crippen LogP contribution in [0.4, 0.5) is 11.4 Å². The average Bonchev–Trinajstić information content (AvgIpc) is 3.20. The number of carbonyl (C=O) groups is 3. The Balaban J connectivity index is 1.27. The largest absolute Gasteiger partial charge is 0.496 e. The maximum Gasteiger partial charge on any atom is 0.272 e. The third-order valence-corrected chi connectivity index (χ3v) is 9.52. The van der Waals surface area contributed by atoms with E-state index in [-0.39, 0.29) is 11.6 Å². The minimum Gasteiger partial charge on any atom is -0.496 e. The van der Waals surface area contributed by atoms with Gasteiger partial charge in [-0.15, -0.1) is 11.8 Å². The summed E-state index contributed by atoms with van der Waals surface area (Å²) in [6, 6.07) is 42.4. The lowest BCUT2D eigenvalue weighted by atomic mass is 10.1. The summed E-state index contributed by atoms with van der Waals surface area (Å²) in [5.74, 6) is 0.00425. The first kappa shape index (κ1) is 36.3. The Hall–Kier alpha value is -6.52. The van der Waals surface area contributed by atoms with Gasteiger partial charge in [0.15, 0.2) is 11.5 Å². The van der Waals surface area contributed by atoms with Crippen molar-refractivity contribution in [3.05, 3.63) is 162 Å². The van der Waals surface area contributed by atoms with E-state index in [1.54, 1.807) is 60.7 Å². The molecule has 3 N–H and O–H groups in total. The van der Waals surface area contributed by atoms with E-state index in [2.05, 4.69) is 16.0 Å². The predicted octanol–water partition coefficient (Wildman–Crippen LogP) is 8.75. The first-order valence-corrected chi connectivity index (χ1v) is 17.5. The molecule has 0 heterocycles. The average molecular weight is 724 g/mol. The van der Waals surface area contributed by atoms with Crippen molar-refractivity contribution in [2.75, 3.05) is 32.0 Å². The van der Waals surface area contributed by atoms with Crippen LogP contribution < -0.4 is 30.2 Å². The summed E-state index contributed by atoms with van der Waals surface area (Å²) in [4.78, 5) is 41.9. The highest BCUT2D eigenvalue weighted by atomic mass is 32.2. The molecule has 6 rings (SSSR count). The van der Waals surface area contributed by atoms with Gasteiger partial charge >= 0.3 is 0 Å². The lowest BCUT2D eigenvalue weighted by molar-refractivity contribution is -0.116. The molecule has 0 aromatic heterocycles. The first-order valence-electron chi connectivity index (χ1n) is 16.7. The Morgan fingerprint density at radius 2 is 1.25 bits per heavy atom. The highest BCUT2D eigenvalue weighted by Gasteiger charge is 2.23. The fourth-order valence-corrected chi connectivity index (χ4v) is 6.70. The molecule has 0 radical (unpaired) electrons. The monoisotopic (exact) mass is 723 g/mol. The molecular weight excluding hydrogens is 687 g/mol. The van der Waals surface area contributed by atoms with E-state index in [4.69, 9.17) is 14.2 Å². The molecule has 1 atom stereocenters. The standard InChI is InChI=1S/C43H37N3O6S/c1-50-37-27-39(52-3)38(51-2)25-32(37)24-36(46-41(47)30-16-8-5-9-17-30)42(48)44-33-19-12-20-35(26-33)53-40(29-14-6-4-7-15-29)43(49)45-34-22-21-28-13-10-11-18-31(28)23-34/h4-27,40H,1-3H3,(H,44,48)(H,45,49)(H,46,47)/b36-24+. The number of hydrogen-bond donors (Lipinski definition) is 3. The number of ether oxygens (including phenoxy) is 3. The molecule has 0 aliphatic heterocycles. The molecule has 6 aromatic rings. The van der Waals surface area contributed by atoms with Crippen LogP contribution in [0, 0.1) is 0 Å². The maximum absolute atomic E-state index is 14.0. The SMILES string of the molecule is COc1cc(OC)c(OC)cc1/C=C(/NC(=O)c1ccccc1)C(=O)Nc1cccc(SC(C(=O)Nc2ccc3ccccc3c2)c2ccccc2)c1. The van der Waals surface area contributed by atoms with Crippen molar-refractivity contribution in [2.24, 2.45) is 0 Å². The fraction of sp³-hybridized carbons (Fsp3) is 0.0930. The van der Waals surface area contributed by atoms with Gasteiger partial charge < -0.3 is 30.2 Å². The topological polar surface area (TPSA) is 115 Å². The fourth-order valence-electron chi connectivity index (χ4n) is 5.62. The van der Waals surface area contributed by atoms with Crippen molar-refractivity contribution in [1.82, 2.24) is 5.32 Å². The second-order valence-corrected chi connectivity index (χ2v) is 12.9. The predicted molar refractivity (Wildman–Crippen MR) is 211 cm³/mol. The zero-order valence-corrected chi connectivity index (χ0v) is 30.1. The number of carbonyl (C=O) groups excluding carboxylic acids is 3. The highest BCUT2D eigenvalue weighted by Crippen LogP contribution is 2.38. The summed E-state index contributed by atoms with van der Waals surface area (Å²) in [5.41, 5.74) is 2.77. The number of rotatable bonds is 13. The third kappa shape index (κ3) is 9.05. The summed E-state index contributed by atoms with van der Waals surface area (Å²) in [6.45, 7) is 0. The second-order valence-electron chi connectivity index (χ2n) is 11.8. The summed E-state index contributed by atoms with van der Waals surface area (Å²) < 4.78 is 16.5. The van der Waals surface area contributed by atoms with E-state index in [0.717, 1.165) is 21.2 Å². The Morgan fingerprint density at radius 1 is 0.604 bits per heavy atom. The number of hydrogen-bond acceptors (Lipinski definition) is 7. The lowest BCUT2D eigenvalue weighted by Gasteiger charge is -2.18. The Labute approximate surface area is 312 Å². The lowest BCUT2D eigenvalue weighted by Crippen LogP contribution is -2.30. The smallest absolute Gasteiger partial charge is 0.272 e. The molecular formula is C43H37N3O6S. The van der Waals surface area contributed by atoms with Gasteiger partial charge in [-0.2, -0.15) is 0 Å². The number of thioether (sulfide) groups is 1. The van der Waals surface area contributed by atoms with Crippen LogP contribution in [-0.2, 0) is 9.59 Å². The van der Waals surface area contributed by atoms with Crippen molar-refractivity contribution in [3.63, 3.8) is 0 Å².